The number of fused-ring (bicyclic) bond motifs is 1. The second-order valence-electron chi connectivity index (χ2n) is 7.11. The fourth-order valence-electron chi connectivity index (χ4n) is 3.41. The molecule has 3 aromatic rings. The summed E-state index contributed by atoms with van der Waals surface area (Å²) in [6.07, 6.45) is 1.66. The van der Waals surface area contributed by atoms with E-state index in [1.165, 1.54) is 15.4 Å². The third-order valence-corrected chi connectivity index (χ3v) is 4.96. The number of carbonyl (C=O) groups is 2. The number of aromatic nitrogens is 2. The third kappa shape index (κ3) is 2.94. The van der Waals surface area contributed by atoms with Crippen LogP contribution in [0.15, 0.2) is 53.5 Å². The Bertz CT molecular complexity index is 1150. The maximum Gasteiger partial charge on any atom is 0.332 e. The van der Waals surface area contributed by atoms with Gasteiger partial charge in [-0.2, -0.15) is 0 Å². The Balaban J connectivity index is 1.67. The minimum absolute atomic E-state index is 0.0376. The number of hydrogen-bond acceptors (Lipinski definition) is 4. The van der Waals surface area contributed by atoms with E-state index >= 15 is 0 Å². The summed E-state index contributed by atoms with van der Waals surface area (Å²) in [7, 11) is 0. The number of hydrogen-bond donors (Lipinski definition) is 0. The van der Waals surface area contributed by atoms with Gasteiger partial charge >= 0.3 is 6.03 Å². The van der Waals surface area contributed by atoms with Gasteiger partial charge < -0.3 is 0 Å². The van der Waals surface area contributed by atoms with Crippen LogP contribution < -0.4 is 10.5 Å². The van der Waals surface area contributed by atoms with Gasteiger partial charge in [0.1, 0.15) is 11.7 Å². The zero-order valence-electron chi connectivity index (χ0n) is 15.9. The van der Waals surface area contributed by atoms with Gasteiger partial charge in [-0.05, 0) is 50.6 Å². The van der Waals surface area contributed by atoms with Crippen molar-refractivity contribution in [3.63, 3.8) is 0 Å². The highest BCUT2D eigenvalue weighted by atomic mass is 16.2. The highest BCUT2D eigenvalue weighted by Crippen LogP contribution is 2.27. The van der Waals surface area contributed by atoms with Gasteiger partial charge in [0.25, 0.3) is 11.5 Å². The first-order valence-electron chi connectivity index (χ1n) is 9.05. The number of urea groups is 1. The van der Waals surface area contributed by atoms with E-state index in [-0.39, 0.29) is 18.0 Å². The number of carbonyl (C=O) groups excluding carboxylic acids is 2. The van der Waals surface area contributed by atoms with Crippen molar-refractivity contribution in [3.05, 3.63) is 75.8 Å². The molecule has 1 fully saturated rings. The molecule has 1 saturated heterocycles. The molecule has 4 rings (SSSR count). The molecule has 7 heteroatoms. The van der Waals surface area contributed by atoms with E-state index in [0.717, 1.165) is 16.0 Å². The van der Waals surface area contributed by atoms with Crippen LogP contribution >= 0.6 is 0 Å². The first-order chi connectivity index (χ1) is 13.3. The number of imide groups is 1. The van der Waals surface area contributed by atoms with Crippen LogP contribution in [0.1, 0.15) is 23.7 Å². The van der Waals surface area contributed by atoms with Crippen LogP contribution in [-0.2, 0) is 11.3 Å². The molecule has 3 heterocycles. The van der Waals surface area contributed by atoms with Gasteiger partial charge in [0.15, 0.2) is 0 Å². The summed E-state index contributed by atoms with van der Waals surface area (Å²) in [5.41, 5.74) is 3.34. The largest absolute Gasteiger partial charge is 0.332 e. The van der Waals surface area contributed by atoms with Crippen LogP contribution in [0.5, 0.6) is 0 Å². The SMILES string of the molecule is Cc1ccc(N2C(=O)N(Cc3cc(=O)n4ccc(C)cc4n3)C(=O)[C@H]2C)cc1. The van der Waals surface area contributed by atoms with Crippen molar-refractivity contribution in [3.8, 4) is 0 Å². The van der Waals surface area contributed by atoms with Gasteiger partial charge in [0.2, 0.25) is 0 Å². The number of pyridine rings is 1. The Hall–Kier alpha value is -3.48. The topological polar surface area (TPSA) is 75.0 Å². The average Bonchev–Trinajstić information content (AvgIpc) is 2.86. The smallest absolute Gasteiger partial charge is 0.282 e. The van der Waals surface area contributed by atoms with E-state index in [0.29, 0.717) is 17.0 Å². The van der Waals surface area contributed by atoms with Crippen molar-refractivity contribution in [2.45, 2.75) is 33.4 Å². The Kier molecular flexibility index (Phi) is 4.22. The fraction of sp³-hybridized carbons (Fsp3) is 0.238. The zero-order valence-corrected chi connectivity index (χ0v) is 15.9. The first-order valence-corrected chi connectivity index (χ1v) is 9.05. The summed E-state index contributed by atoms with van der Waals surface area (Å²) in [5.74, 6) is -0.309. The second-order valence-corrected chi connectivity index (χ2v) is 7.11. The van der Waals surface area contributed by atoms with Gasteiger partial charge in [-0.15, -0.1) is 0 Å². The lowest BCUT2D eigenvalue weighted by atomic mass is 10.2. The summed E-state index contributed by atoms with van der Waals surface area (Å²) in [6, 6.07) is 11.4. The second kappa shape index (κ2) is 6.60. The molecule has 3 amide bonds. The zero-order chi connectivity index (χ0) is 20.0. The number of aryl methyl sites for hydroxylation is 2. The third-order valence-electron chi connectivity index (χ3n) is 4.96. The van der Waals surface area contributed by atoms with Crippen molar-refractivity contribution in [2.75, 3.05) is 4.90 Å². The minimum Gasteiger partial charge on any atom is -0.282 e. The molecule has 0 aliphatic carbocycles. The van der Waals surface area contributed by atoms with Crippen molar-refractivity contribution in [1.29, 1.82) is 0 Å². The Morgan fingerprint density at radius 2 is 1.68 bits per heavy atom. The Morgan fingerprint density at radius 3 is 2.39 bits per heavy atom. The average molecular weight is 376 g/mol. The van der Waals surface area contributed by atoms with Crippen LogP contribution in [-0.4, -0.2) is 32.3 Å². The van der Waals surface area contributed by atoms with Crippen molar-refractivity contribution >= 4 is 23.3 Å². The molecule has 1 aliphatic heterocycles. The van der Waals surface area contributed by atoms with Gasteiger partial charge in [-0.1, -0.05) is 17.7 Å². The molecule has 28 heavy (non-hydrogen) atoms. The number of rotatable bonds is 3. The molecule has 0 N–H and O–H groups in total. The molecule has 0 saturated carbocycles. The lowest BCUT2D eigenvalue weighted by Crippen LogP contribution is -2.34. The monoisotopic (exact) mass is 376 g/mol. The lowest BCUT2D eigenvalue weighted by molar-refractivity contribution is -0.127. The van der Waals surface area contributed by atoms with Crippen LogP contribution in [0, 0.1) is 13.8 Å². The Labute approximate surface area is 161 Å². The van der Waals surface area contributed by atoms with Crippen molar-refractivity contribution < 1.29 is 9.59 Å². The maximum atomic E-state index is 12.9. The predicted octanol–water partition coefficient (Wildman–Crippen LogP) is 2.67. The maximum absolute atomic E-state index is 12.9. The molecule has 0 unspecified atom stereocenters. The number of benzene rings is 1. The number of nitrogens with zero attached hydrogens (tertiary/aromatic N) is 4. The normalized spacial score (nSPS) is 17.0. The van der Waals surface area contributed by atoms with Crippen LogP contribution in [0.2, 0.25) is 0 Å². The molecule has 142 valence electrons. The van der Waals surface area contributed by atoms with E-state index in [1.54, 1.807) is 19.2 Å². The standard InChI is InChI=1S/C21H20N4O3/c1-13-4-6-17(7-5-13)25-15(3)20(27)24(21(25)28)12-16-11-19(26)23-9-8-14(2)10-18(23)22-16/h4-11,15H,12H2,1-3H3/t15-/m1/s1. The highest BCUT2D eigenvalue weighted by Gasteiger charge is 2.43. The molecule has 0 bridgehead atoms. The van der Waals surface area contributed by atoms with E-state index in [1.807, 2.05) is 44.2 Å². The molecule has 2 aromatic heterocycles. The molecular weight excluding hydrogens is 356 g/mol. The summed E-state index contributed by atoms with van der Waals surface area (Å²) in [5, 5.41) is 0. The van der Waals surface area contributed by atoms with Crippen LogP contribution in [0.3, 0.4) is 0 Å². The molecule has 1 aromatic carbocycles. The van der Waals surface area contributed by atoms with Gasteiger partial charge in [-0.3, -0.25) is 23.8 Å². The molecule has 0 spiro atoms. The predicted molar refractivity (Wildman–Crippen MR) is 105 cm³/mol. The molecular formula is C21H20N4O3. The van der Waals surface area contributed by atoms with Gasteiger partial charge in [0, 0.05) is 18.0 Å². The summed E-state index contributed by atoms with van der Waals surface area (Å²) >= 11 is 0. The van der Waals surface area contributed by atoms with Gasteiger partial charge in [-0.25, -0.2) is 9.78 Å². The Morgan fingerprint density at radius 1 is 0.964 bits per heavy atom. The van der Waals surface area contributed by atoms with Gasteiger partial charge in [0.05, 0.1) is 12.2 Å². The minimum atomic E-state index is -0.612. The molecule has 7 nitrogen and oxygen atoms in total. The lowest BCUT2D eigenvalue weighted by Gasteiger charge is -2.19. The van der Waals surface area contributed by atoms with E-state index < -0.39 is 12.1 Å². The highest BCUT2D eigenvalue weighted by molar-refractivity contribution is 6.13. The summed E-state index contributed by atoms with van der Waals surface area (Å²) in [4.78, 5) is 45.1. The van der Waals surface area contributed by atoms with E-state index in [4.69, 9.17) is 0 Å². The van der Waals surface area contributed by atoms with Crippen molar-refractivity contribution in [2.24, 2.45) is 0 Å². The quantitative estimate of drug-likeness (QED) is 0.659. The number of amides is 3. The number of anilines is 1. The fourth-order valence-corrected chi connectivity index (χ4v) is 3.41. The summed E-state index contributed by atoms with van der Waals surface area (Å²) < 4.78 is 1.44. The van der Waals surface area contributed by atoms with E-state index in [2.05, 4.69) is 4.98 Å². The van der Waals surface area contributed by atoms with E-state index in [9.17, 15) is 14.4 Å². The molecule has 1 aliphatic rings. The van der Waals surface area contributed by atoms with Crippen LogP contribution in [0.25, 0.3) is 5.65 Å². The van der Waals surface area contributed by atoms with Crippen LogP contribution in [0.4, 0.5) is 10.5 Å². The first kappa shape index (κ1) is 17.9. The van der Waals surface area contributed by atoms with Crippen molar-refractivity contribution in [1.82, 2.24) is 14.3 Å². The molecule has 0 radical (unpaired) electrons. The molecule has 1 atom stereocenters. The summed E-state index contributed by atoms with van der Waals surface area (Å²) in [6.45, 7) is 5.53.